The van der Waals surface area contributed by atoms with Gasteiger partial charge in [0.1, 0.15) is 5.82 Å². The van der Waals surface area contributed by atoms with Crippen LogP contribution in [-0.4, -0.2) is 11.0 Å². The Morgan fingerprint density at radius 2 is 2.21 bits per heavy atom. The standard InChI is InChI=1S/C14H14Cl2N2S/c15-6-11-5-13(16)14(17-7-11)18(12-1-2-12)8-10-3-4-19-9-10/h3-5,7,9,12H,1-2,6,8H2. The highest BCUT2D eigenvalue weighted by molar-refractivity contribution is 7.07. The van der Waals surface area contributed by atoms with Crippen molar-refractivity contribution in [3.8, 4) is 0 Å². The molecular formula is C14H14Cl2N2S. The van der Waals surface area contributed by atoms with E-state index < -0.39 is 0 Å². The van der Waals surface area contributed by atoms with Crippen molar-refractivity contribution in [1.82, 2.24) is 4.98 Å². The molecule has 0 bridgehead atoms. The molecule has 0 aliphatic heterocycles. The molecule has 1 saturated carbocycles. The van der Waals surface area contributed by atoms with Crippen LogP contribution in [0.5, 0.6) is 0 Å². The van der Waals surface area contributed by atoms with Gasteiger partial charge in [-0.05, 0) is 46.9 Å². The first-order valence-corrected chi connectivity index (χ1v) is 8.11. The summed E-state index contributed by atoms with van der Waals surface area (Å²) in [7, 11) is 0. The topological polar surface area (TPSA) is 16.1 Å². The molecule has 5 heteroatoms. The van der Waals surface area contributed by atoms with Crippen LogP contribution >= 0.6 is 34.5 Å². The summed E-state index contributed by atoms with van der Waals surface area (Å²) in [5.74, 6) is 1.32. The van der Waals surface area contributed by atoms with Crippen LogP contribution in [0, 0.1) is 0 Å². The van der Waals surface area contributed by atoms with Crippen molar-refractivity contribution < 1.29 is 0 Å². The third kappa shape index (κ3) is 3.04. The van der Waals surface area contributed by atoms with E-state index in [0.29, 0.717) is 16.9 Å². The second kappa shape index (κ2) is 5.70. The van der Waals surface area contributed by atoms with Crippen LogP contribution in [0.4, 0.5) is 5.82 Å². The van der Waals surface area contributed by atoms with E-state index in [1.807, 2.05) is 12.3 Å². The summed E-state index contributed by atoms with van der Waals surface area (Å²) in [5, 5.41) is 4.97. The second-order valence-electron chi connectivity index (χ2n) is 4.77. The van der Waals surface area contributed by atoms with Gasteiger partial charge in [-0.1, -0.05) is 11.6 Å². The Labute approximate surface area is 127 Å². The molecule has 1 aliphatic carbocycles. The van der Waals surface area contributed by atoms with E-state index in [9.17, 15) is 0 Å². The largest absolute Gasteiger partial charge is 0.348 e. The average molecular weight is 313 g/mol. The van der Waals surface area contributed by atoms with Gasteiger partial charge in [-0.3, -0.25) is 0 Å². The van der Waals surface area contributed by atoms with Gasteiger partial charge in [-0.25, -0.2) is 4.98 Å². The summed E-state index contributed by atoms with van der Waals surface area (Å²) < 4.78 is 0. The minimum Gasteiger partial charge on any atom is -0.348 e. The molecule has 0 radical (unpaired) electrons. The highest BCUT2D eigenvalue weighted by atomic mass is 35.5. The van der Waals surface area contributed by atoms with Crippen molar-refractivity contribution in [2.75, 3.05) is 4.90 Å². The Kier molecular flexibility index (Phi) is 3.96. The first-order valence-electron chi connectivity index (χ1n) is 6.26. The SMILES string of the molecule is ClCc1cnc(N(Cc2ccsc2)C2CC2)c(Cl)c1. The van der Waals surface area contributed by atoms with Gasteiger partial charge in [0, 0.05) is 24.7 Å². The maximum absolute atomic E-state index is 6.35. The van der Waals surface area contributed by atoms with Gasteiger partial charge in [-0.2, -0.15) is 11.3 Å². The number of halogens is 2. The summed E-state index contributed by atoms with van der Waals surface area (Å²) in [4.78, 5) is 6.81. The predicted molar refractivity (Wildman–Crippen MR) is 82.3 cm³/mol. The molecule has 19 heavy (non-hydrogen) atoms. The zero-order valence-electron chi connectivity index (χ0n) is 10.4. The second-order valence-corrected chi connectivity index (χ2v) is 6.23. The maximum Gasteiger partial charge on any atom is 0.147 e. The molecule has 2 nitrogen and oxygen atoms in total. The summed E-state index contributed by atoms with van der Waals surface area (Å²) in [6, 6.07) is 4.65. The van der Waals surface area contributed by atoms with Gasteiger partial charge in [0.2, 0.25) is 0 Å². The molecule has 2 aromatic heterocycles. The van der Waals surface area contributed by atoms with E-state index in [2.05, 4.69) is 26.7 Å². The van der Waals surface area contributed by atoms with Crippen molar-refractivity contribution in [2.45, 2.75) is 31.3 Å². The molecule has 1 aliphatic rings. The van der Waals surface area contributed by atoms with Crippen LogP contribution in [0.1, 0.15) is 24.0 Å². The van der Waals surface area contributed by atoms with Crippen molar-refractivity contribution in [3.63, 3.8) is 0 Å². The van der Waals surface area contributed by atoms with Gasteiger partial charge in [0.15, 0.2) is 0 Å². The highest BCUT2D eigenvalue weighted by Gasteiger charge is 2.31. The van der Waals surface area contributed by atoms with Crippen molar-refractivity contribution in [1.29, 1.82) is 0 Å². The monoisotopic (exact) mass is 312 g/mol. The third-order valence-electron chi connectivity index (χ3n) is 3.23. The molecule has 0 aromatic carbocycles. The first kappa shape index (κ1) is 13.2. The minimum atomic E-state index is 0.445. The Balaban J connectivity index is 1.87. The summed E-state index contributed by atoms with van der Waals surface area (Å²) in [6.45, 7) is 0.876. The molecule has 0 unspecified atom stereocenters. The van der Waals surface area contributed by atoms with Crippen molar-refractivity contribution >= 4 is 40.4 Å². The third-order valence-corrected chi connectivity index (χ3v) is 4.54. The van der Waals surface area contributed by atoms with Gasteiger partial charge < -0.3 is 4.90 Å². The number of alkyl halides is 1. The molecule has 1 fully saturated rings. The van der Waals surface area contributed by atoms with Crippen LogP contribution in [-0.2, 0) is 12.4 Å². The molecule has 2 heterocycles. The Morgan fingerprint density at radius 1 is 1.37 bits per heavy atom. The number of anilines is 1. The van der Waals surface area contributed by atoms with Crippen LogP contribution in [0.25, 0.3) is 0 Å². The zero-order chi connectivity index (χ0) is 13.2. The zero-order valence-corrected chi connectivity index (χ0v) is 12.7. The molecule has 0 N–H and O–H groups in total. The van der Waals surface area contributed by atoms with Crippen LogP contribution in [0.3, 0.4) is 0 Å². The van der Waals surface area contributed by atoms with E-state index in [1.165, 1.54) is 18.4 Å². The molecule has 0 amide bonds. The first-order chi connectivity index (χ1) is 9.28. The Hall–Kier alpha value is -0.770. The van der Waals surface area contributed by atoms with Crippen LogP contribution in [0.15, 0.2) is 29.1 Å². The van der Waals surface area contributed by atoms with E-state index in [0.717, 1.165) is 17.9 Å². The smallest absolute Gasteiger partial charge is 0.147 e. The lowest BCUT2D eigenvalue weighted by molar-refractivity contribution is 0.779. The fraction of sp³-hybridized carbons (Fsp3) is 0.357. The quantitative estimate of drug-likeness (QED) is 0.744. The molecule has 100 valence electrons. The highest BCUT2D eigenvalue weighted by Crippen LogP contribution is 2.36. The van der Waals surface area contributed by atoms with Crippen LogP contribution in [0.2, 0.25) is 5.02 Å². The van der Waals surface area contributed by atoms with E-state index >= 15 is 0 Å². The normalized spacial score (nSPS) is 14.6. The summed E-state index contributed by atoms with van der Waals surface area (Å²) >= 11 is 13.9. The molecule has 2 aromatic rings. The van der Waals surface area contributed by atoms with E-state index in [1.54, 1.807) is 11.3 Å². The Morgan fingerprint density at radius 3 is 2.79 bits per heavy atom. The molecular weight excluding hydrogens is 299 g/mol. The van der Waals surface area contributed by atoms with Crippen molar-refractivity contribution in [3.05, 3.63) is 45.2 Å². The molecule has 0 atom stereocenters. The summed E-state index contributed by atoms with van der Waals surface area (Å²) in [6.07, 6.45) is 4.26. The number of pyridine rings is 1. The lowest BCUT2D eigenvalue weighted by atomic mass is 10.2. The maximum atomic E-state index is 6.35. The van der Waals surface area contributed by atoms with E-state index in [-0.39, 0.29) is 0 Å². The number of rotatable bonds is 5. The summed E-state index contributed by atoms with van der Waals surface area (Å²) in [5.41, 5.74) is 2.28. The Bertz CT molecular complexity index is 553. The van der Waals surface area contributed by atoms with Gasteiger partial charge in [0.25, 0.3) is 0 Å². The lowest BCUT2D eigenvalue weighted by Gasteiger charge is -2.24. The fourth-order valence-corrected chi connectivity index (χ4v) is 3.20. The van der Waals surface area contributed by atoms with Gasteiger partial charge in [-0.15, -0.1) is 11.6 Å². The van der Waals surface area contributed by atoms with Crippen LogP contribution < -0.4 is 4.90 Å². The molecule has 0 spiro atoms. The minimum absolute atomic E-state index is 0.445. The van der Waals surface area contributed by atoms with Gasteiger partial charge >= 0.3 is 0 Å². The number of thiophene rings is 1. The fourth-order valence-electron chi connectivity index (χ4n) is 2.10. The van der Waals surface area contributed by atoms with Gasteiger partial charge in [0.05, 0.1) is 5.02 Å². The molecule has 3 rings (SSSR count). The van der Waals surface area contributed by atoms with Crippen molar-refractivity contribution in [2.24, 2.45) is 0 Å². The lowest BCUT2D eigenvalue weighted by Crippen LogP contribution is -2.26. The number of aromatic nitrogens is 1. The number of hydrogen-bond donors (Lipinski definition) is 0. The predicted octanol–water partition coefficient (Wildman–Crippen LogP) is 4.70. The number of hydrogen-bond acceptors (Lipinski definition) is 3. The number of nitrogens with zero attached hydrogens (tertiary/aromatic N) is 2. The van der Waals surface area contributed by atoms with E-state index in [4.69, 9.17) is 23.2 Å². The molecule has 0 saturated heterocycles. The average Bonchev–Trinajstić information content (AvgIpc) is 3.14.